The molecule has 0 unspecified atom stereocenters. The van der Waals surface area contributed by atoms with Crippen LogP contribution in [-0.4, -0.2) is 98.2 Å². The normalized spacial score (nSPS) is 21.8. The number of pyridine rings is 1. The molecule has 0 saturated carbocycles. The highest BCUT2D eigenvalue weighted by atomic mass is 35.5. The van der Waals surface area contributed by atoms with Crippen molar-refractivity contribution in [3.8, 4) is 17.3 Å². The Balaban J connectivity index is 1.13. The molecule has 0 spiro atoms. The van der Waals surface area contributed by atoms with Gasteiger partial charge in [0.15, 0.2) is 5.82 Å². The first-order chi connectivity index (χ1) is 25.1. The van der Waals surface area contributed by atoms with Crippen LogP contribution in [0.25, 0.3) is 39.0 Å². The number of ether oxygens (including phenoxy) is 1. The summed E-state index contributed by atoms with van der Waals surface area (Å²) in [4.78, 5) is 41.9. The molecule has 10 nitrogen and oxygen atoms in total. The third-order valence-electron chi connectivity index (χ3n) is 10.7. The molecule has 0 N–H and O–H groups in total. The third kappa shape index (κ3) is 6.32. The van der Waals surface area contributed by atoms with E-state index in [0.717, 1.165) is 30.5 Å². The summed E-state index contributed by atoms with van der Waals surface area (Å²) in [6.07, 6.45) is 6.74. The molecule has 3 aliphatic heterocycles. The van der Waals surface area contributed by atoms with Crippen LogP contribution in [0.15, 0.2) is 54.7 Å². The molecule has 8 rings (SSSR count). The smallest absolute Gasteiger partial charge is 0.319 e. The zero-order valence-corrected chi connectivity index (χ0v) is 30.1. The van der Waals surface area contributed by atoms with Gasteiger partial charge in [0.05, 0.1) is 16.6 Å². The molecule has 13 heteroatoms. The highest BCUT2D eigenvalue weighted by molar-refractivity contribution is 6.36. The summed E-state index contributed by atoms with van der Waals surface area (Å²) >= 11 is 6.63. The average molecular weight is 725 g/mol. The minimum atomic E-state index is -0.918. The monoisotopic (exact) mass is 724 g/mol. The molecule has 0 aliphatic carbocycles. The third-order valence-corrected chi connectivity index (χ3v) is 11.0. The lowest BCUT2D eigenvalue weighted by Gasteiger charge is -2.31. The summed E-state index contributed by atoms with van der Waals surface area (Å²) in [5, 5.41) is 2.45. The van der Waals surface area contributed by atoms with Crippen molar-refractivity contribution in [1.82, 2.24) is 34.7 Å². The quantitative estimate of drug-likeness (QED) is 0.161. The fourth-order valence-corrected chi connectivity index (χ4v) is 8.49. The summed E-state index contributed by atoms with van der Waals surface area (Å²) in [6, 6.07) is 12.8. The molecule has 3 fully saturated rings. The van der Waals surface area contributed by atoms with Crippen LogP contribution in [0.5, 0.6) is 6.01 Å². The van der Waals surface area contributed by atoms with Crippen LogP contribution in [-0.2, 0) is 4.79 Å². The molecule has 52 heavy (non-hydrogen) atoms. The van der Waals surface area contributed by atoms with Crippen molar-refractivity contribution in [2.75, 3.05) is 44.7 Å². The van der Waals surface area contributed by atoms with Gasteiger partial charge < -0.3 is 14.5 Å². The van der Waals surface area contributed by atoms with Gasteiger partial charge in [0.2, 0.25) is 5.91 Å². The minimum Gasteiger partial charge on any atom is -0.461 e. The fraction of sp³-hybridized carbons (Fsp3) is 0.385. The van der Waals surface area contributed by atoms with E-state index in [4.69, 9.17) is 21.3 Å². The van der Waals surface area contributed by atoms with Crippen molar-refractivity contribution in [1.29, 1.82) is 0 Å². The zero-order chi connectivity index (χ0) is 36.1. The lowest BCUT2D eigenvalue weighted by molar-refractivity contribution is -0.124. The Morgan fingerprint density at radius 1 is 1.12 bits per heavy atom. The molecule has 1 amide bonds. The van der Waals surface area contributed by atoms with Crippen LogP contribution in [0.2, 0.25) is 5.02 Å². The number of benzene rings is 2. The summed E-state index contributed by atoms with van der Waals surface area (Å²) in [7, 11) is 1.88. The van der Waals surface area contributed by atoms with Gasteiger partial charge in [-0.25, -0.2) is 18.7 Å². The molecule has 268 valence electrons. The lowest BCUT2D eigenvalue weighted by Crippen LogP contribution is -2.43. The predicted octanol–water partition coefficient (Wildman–Crippen LogP) is 6.75. The summed E-state index contributed by atoms with van der Waals surface area (Å²) in [5.74, 6) is 0.326. The summed E-state index contributed by atoms with van der Waals surface area (Å²) < 4.78 is 37.7. The number of nitrogens with zero attached hydrogens (tertiary/aromatic N) is 8. The van der Waals surface area contributed by atoms with Gasteiger partial charge in [-0.15, -0.1) is 0 Å². The number of alkyl halides is 1. The van der Waals surface area contributed by atoms with Gasteiger partial charge in [0.1, 0.15) is 35.6 Å². The van der Waals surface area contributed by atoms with Crippen LogP contribution in [0.1, 0.15) is 42.9 Å². The number of likely N-dealkylation sites (N-methyl/N-ethyl adjacent to an activating group) is 1. The van der Waals surface area contributed by atoms with Crippen LogP contribution in [0.4, 0.5) is 14.6 Å². The van der Waals surface area contributed by atoms with Gasteiger partial charge in [-0.05, 0) is 63.2 Å². The van der Waals surface area contributed by atoms with Crippen LogP contribution >= 0.6 is 11.6 Å². The molecule has 0 radical (unpaired) electrons. The molecule has 5 aromatic rings. The van der Waals surface area contributed by atoms with E-state index in [2.05, 4.69) is 24.8 Å². The largest absolute Gasteiger partial charge is 0.461 e. The van der Waals surface area contributed by atoms with Gasteiger partial charge in [0.25, 0.3) is 0 Å². The molecule has 3 aliphatic rings. The average Bonchev–Trinajstić information content (AvgIpc) is 3.84. The van der Waals surface area contributed by atoms with Crippen molar-refractivity contribution >= 4 is 51.1 Å². The molecule has 2 aromatic carbocycles. The number of halogens is 3. The van der Waals surface area contributed by atoms with E-state index in [-0.39, 0.29) is 35.8 Å². The van der Waals surface area contributed by atoms with Crippen LogP contribution in [0, 0.1) is 19.7 Å². The second-order valence-electron chi connectivity index (χ2n) is 14.2. The van der Waals surface area contributed by atoms with Crippen molar-refractivity contribution in [3.63, 3.8) is 0 Å². The fourth-order valence-electron chi connectivity index (χ4n) is 8.21. The van der Waals surface area contributed by atoms with Crippen LogP contribution < -0.4 is 9.64 Å². The summed E-state index contributed by atoms with van der Waals surface area (Å²) in [6.45, 7) is 6.08. The van der Waals surface area contributed by atoms with Crippen LogP contribution in [0.3, 0.4) is 0 Å². The number of carbonyl (C=O) groups is 1. The van der Waals surface area contributed by atoms with E-state index in [9.17, 15) is 9.18 Å². The number of anilines is 1. The minimum absolute atomic E-state index is 0.00851. The number of hydrogen-bond acceptors (Lipinski definition) is 9. The maximum absolute atomic E-state index is 16.9. The van der Waals surface area contributed by atoms with E-state index in [1.165, 1.54) is 6.08 Å². The van der Waals surface area contributed by atoms with Gasteiger partial charge in [-0.2, -0.15) is 9.97 Å². The number of hydrogen-bond donors (Lipinski definition) is 0. The maximum Gasteiger partial charge on any atom is 0.319 e. The Bertz CT molecular complexity index is 2210. The SMILES string of the molecule is Cc1cc(/C=C/C(=O)N2CC[C@@H](N(C)c3nc(OC[C@@]45CCCN4C[C@H](F)C5)nc4c(F)c(-c5cccc6cccc(Cl)c56)ncc34)C2)nc(C)n1. The van der Waals surface area contributed by atoms with E-state index in [1.54, 1.807) is 29.3 Å². The first kappa shape index (κ1) is 34.3. The number of likely N-dealkylation sites (tertiary alicyclic amines) is 1. The predicted molar refractivity (Wildman–Crippen MR) is 198 cm³/mol. The topological polar surface area (TPSA) is 100 Å². The number of rotatable bonds is 8. The van der Waals surface area contributed by atoms with Gasteiger partial charge in [-0.3, -0.25) is 14.7 Å². The molecule has 3 aromatic heterocycles. The molecule has 6 heterocycles. The van der Waals surface area contributed by atoms with Gasteiger partial charge in [-0.1, -0.05) is 41.9 Å². The Labute approximate surface area is 305 Å². The Hall–Kier alpha value is -4.81. The second-order valence-corrected chi connectivity index (χ2v) is 14.6. The summed E-state index contributed by atoms with van der Waals surface area (Å²) in [5.41, 5.74) is 1.78. The van der Waals surface area contributed by atoms with E-state index in [1.807, 2.05) is 56.1 Å². The van der Waals surface area contributed by atoms with Crippen molar-refractivity contribution in [2.45, 2.75) is 57.3 Å². The lowest BCUT2D eigenvalue weighted by atomic mass is 9.95. The van der Waals surface area contributed by atoms with Crippen molar-refractivity contribution in [2.24, 2.45) is 0 Å². The number of carbonyl (C=O) groups excluding carboxylic acids is 1. The van der Waals surface area contributed by atoms with E-state index >= 15 is 4.39 Å². The van der Waals surface area contributed by atoms with Crippen molar-refractivity contribution in [3.05, 3.63) is 82.8 Å². The second kappa shape index (κ2) is 13.6. The highest BCUT2D eigenvalue weighted by Gasteiger charge is 2.49. The number of fused-ring (bicyclic) bond motifs is 3. The molecular formula is C39H39ClF2N8O2. The molecule has 0 bridgehead atoms. The Kier molecular flexibility index (Phi) is 8.99. The standard InChI is InChI=1S/C39H39ClF2N8O2/c1-23-17-27(45-24(2)44-23)11-12-32(51)49-16-13-28(21-49)48(3)37-30-19-43-35(29-9-4-7-25-8-5-10-31(40)33(25)29)34(42)36(30)46-38(47-37)52-22-39-14-6-15-50(39)20-26(41)18-39/h4-5,7-12,17,19,26,28H,6,13-16,18,20-22H2,1-3H3/b12-11+/t26-,28-,39+/m1/s1. The van der Waals surface area contributed by atoms with Gasteiger partial charge in [0, 0.05) is 73.1 Å². The highest BCUT2D eigenvalue weighted by Crippen LogP contribution is 2.41. The number of amides is 1. The van der Waals surface area contributed by atoms with Crippen molar-refractivity contribution < 1.29 is 18.3 Å². The molecular weight excluding hydrogens is 686 g/mol. The molecule has 3 atom stereocenters. The van der Waals surface area contributed by atoms with Gasteiger partial charge >= 0.3 is 6.01 Å². The Morgan fingerprint density at radius 3 is 2.77 bits per heavy atom. The Morgan fingerprint density at radius 2 is 1.94 bits per heavy atom. The first-order valence-electron chi connectivity index (χ1n) is 17.7. The first-order valence-corrected chi connectivity index (χ1v) is 18.0. The van der Waals surface area contributed by atoms with E-state index in [0.29, 0.717) is 71.2 Å². The van der Waals surface area contributed by atoms with E-state index < -0.39 is 17.5 Å². The number of aryl methyl sites for hydroxylation is 2. The number of aromatic nitrogens is 5. The maximum atomic E-state index is 16.9. The molecule has 3 saturated heterocycles. The zero-order valence-electron chi connectivity index (χ0n) is 29.3.